The Hall–Kier alpha value is -1.55. The molecule has 1 N–H and O–H groups in total. The summed E-state index contributed by atoms with van der Waals surface area (Å²) in [4.78, 5) is 4.50. The normalized spacial score (nSPS) is 17.4. The van der Waals surface area contributed by atoms with Crippen molar-refractivity contribution in [2.24, 2.45) is 5.41 Å². The molecule has 1 fully saturated rings. The van der Waals surface area contributed by atoms with Crippen LogP contribution in [0.5, 0.6) is 0 Å². The molecule has 0 spiro atoms. The Kier molecular flexibility index (Phi) is 2.97. The van der Waals surface area contributed by atoms with Crippen LogP contribution in [0.3, 0.4) is 0 Å². The standard InChI is InChI=1S/C15H21N3O/c1-4-15(9-19-10-15)8-17-14-13-11(2)7-12(3)18(13)6-5-16-14/h5-7H,4,8-10H2,1-3H3,(H,16,17). The van der Waals surface area contributed by atoms with E-state index >= 15 is 0 Å². The van der Waals surface area contributed by atoms with Gasteiger partial charge in [-0.25, -0.2) is 4.98 Å². The second kappa shape index (κ2) is 4.53. The third-order valence-corrected chi connectivity index (χ3v) is 4.26. The molecule has 2 aromatic rings. The maximum absolute atomic E-state index is 5.37. The minimum atomic E-state index is 0.296. The molecule has 2 aromatic heterocycles. The van der Waals surface area contributed by atoms with Gasteiger partial charge in [-0.3, -0.25) is 0 Å². The zero-order chi connectivity index (χ0) is 13.5. The van der Waals surface area contributed by atoms with E-state index in [1.54, 1.807) is 0 Å². The van der Waals surface area contributed by atoms with Gasteiger partial charge in [-0.1, -0.05) is 6.92 Å². The van der Waals surface area contributed by atoms with Crippen molar-refractivity contribution in [3.63, 3.8) is 0 Å². The number of hydrogen-bond donors (Lipinski definition) is 1. The quantitative estimate of drug-likeness (QED) is 0.917. The maximum atomic E-state index is 5.37. The predicted octanol–water partition coefficient (Wildman–Crippen LogP) is 2.79. The summed E-state index contributed by atoms with van der Waals surface area (Å²) in [5, 5.41) is 3.52. The molecule has 1 aliphatic rings. The van der Waals surface area contributed by atoms with E-state index in [0.29, 0.717) is 5.41 Å². The number of anilines is 1. The van der Waals surface area contributed by atoms with E-state index < -0.39 is 0 Å². The summed E-state index contributed by atoms with van der Waals surface area (Å²) in [6.07, 6.45) is 5.02. The summed E-state index contributed by atoms with van der Waals surface area (Å²) in [6, 6.07) is 2.20. The molecule has 0 aliphatic carbocycles. The molecule has 0 unspecified atom stereocenters. The summed E-state index contributed by atoms with van der Waals surface area (Å²) in [7, 11) is 0. The highest BCUT2D eigenvalue weighted by atomic mass is 16.5. The number of aryl methyl sites for hydroxylation is 2. The molecule has 4 nitrogen and oxygen atoms in total. The average molecular weight is 259 g/mol. The van der Waals surface area contributed by atoms with Crippen LogP contribution >= 0.6 is 0 Å². The second-order valence-corrected chi connectivity index (χ2v) is 5.66. The van der Waals surface area contributed by atoms with Gasteiger partial charge in [-0.15, -0.1) is 0 Å². The Balaban J connectivity index is 1.89. The van der Waals surface area contributed by atoms with Crippen molar-refractivity contribution in [1.29, 1.82) is 0 Å². The van der Waals surface area contributed by atoms with Gasteiger partial charge in [0.25, 0.3) is 0 Å². The van der Waals surface area contributed by atoms with Crippen LogP contribution in [-0.2, 0) is 4.74 Å². The van der Waals surface area contributed by atoms with Crippen LogP contribution in [0.25, 0.3) is 5.52 Å². The Labute approximate surface area is 113 Å². The predicted molar refractivity (Wildman–Crippen MR) is 76.7 cm³/mol. The van der Waals surface area contributed by atoms with Crippen LogP contribution in [0.4, 0.5) is 5.82 Å². The van der Waals surface area contributed by atoms with E-state index in [4.69, 9.17) is 4.74 Å². The fourth-order valence-electron chi connectivity index (χ4n) is 2.77. The fourth-order valence-corrected chi connectivity index (χ4v) is 2.77. The number of nitrogens with one attached hydrogen (secondary N) is 1. The number of ether oxygens (including phenoxy) is 1. The van der Waals surface area contributed by atoms with Gasteiger partial charge in [0.05, 0.1) is 18.7 Å². The summed E-state index contributed by atoms with van der Waals surface area (Å²) >= 11 is 0. The lowest BCUT2D eigenvalue weighted by molar-refractivity contribution is -0.106. The van der Waals surface area contributed by atoms with Crippen molar-refractivity contribution in [1.82, 2.24) is 9.38 Å². The third kappa shape index (κ3) is 2.00. The van der Waals surface area contributed by atoms with Crippen molar-refractivity contribution in [2.45, 2.75) is 27.2 Å². The smallest absolute Gasteiger partial charge is 0.150 e. The molecule has 4 heteroatoms. The van der Waals surface area contributed by atoms with E-state index in [9.17, 15) is 0 Å². The molecule has 0 bridgehead atoms. The molecule has 0 amide bonds. The summed E-state index contributed by atoms with van der Waals surface area (Å²) in [6.45, 7) is 9.14. The van der Waals surface area contributed by atoms with Crippen LogP contribution in [-0.4, -0.2) is 29.1 Å². The van der Waals surface area contributed by atoms with Gasteiger partial charge >= 0.3 is 0 Å². The average Bonchev–Trinajstić information content (AvgIpc) is 2.65. The summed E-state index contributed by atoms with van der Waals surface area (Å²) in [5.41, 5.74) is 3.99. The van der Waals surface area contributed by atoms with Crippen molar-refractivity contribution in [2.75, 3.05) is 25.1 Å². The monoisotopic (exact) mass is 259 g/mol. The third-order valence-electron chi connectivity index (χ3n) is 4.26. The molecule has 1 aliphatic heterocycles. The van der Waals surface area contributed by atoms with Crippen molar-refractivity contribution in [3.05, 3.63) is 29.7 Å². The molecular weight excluding hydrogens is 238 g/mol. The molecule has 0 radical (unpaired) electrons. The SMILES string of the molecule is CCC1(CNc2nccn3c(C)cc(C)c23)COC1. The van der Waals surface area contributed by atoms with Gasteiger partial charge in [0, 0.05) is 30.0 Å². The number of fused-ring (bicyclic) bond motifs is 1. The highest BCUT2D eigenvalue weighted by Crippen LogP contribution is 2.32. The van der Waals surface area contributed by atoms with Crippen LogP contribution < -0.4 is 5.32 Å². The van der Waals surface area contributed by atoms with Crippen LogP contribution in [0.1, 0.15) is 24.6 Å². The highest BCUT2D eigenvalue weighted by Gasteiger charge is 2.36. The second-order valence-electron chi connectivity index (χ2n) is 5.66. The topological polar surface area (TPSA) is 38.6 Å². The lowest BCUT2D eigenvalue weighted by atomic mass is 9.83. The van der Waals surface area contributed by atoms with E-state index in [-0.39, 0.29) is 0 Å². The molecule has 102 valence electrons. The Bertz CT molecular complexity index is 593. The summed E-state index contributed by atoms with van der Waals surface area (Å²) < 4.78 is 7.56. The van der Waals surface area contributed by atoms with E-state index in [1.165, 1.54) is 16.8 Å². The molecule has 3 rings (SSSR count). The molecular formula is C15H21N3O. The first-order chi connectivity index (χ1) is 9.15. The maximum Gasteiger partial charge on any atom is 0.150 e. The van der Waals surface area contributed by atoms with Gasteiger partial charge in [0.1, 0.15) is 0 Å². The van der Waals surface area contributed by atoms with Gasteiger partial charge in [-0.2, -0.15) is 0 Å². The van der Waals surface area contributed by atoms with E-state index in [1.807, 2.05) is 12.4 Å². The molecule has 0 atom stereocenters. The first-order valence-corrected chi connectivity index (χ1v) is 6.90. The fraction of sp³-hybridized carbons (Fsp3) is 0.533. The minimum absolute atomic E-state index is 0.296. The van der Waals surface area contributed by atoms with Gasteiger partial charge in [-0.05, 0) is 31.9 Å². The Morgan fingerprint density at radius 2 is 2.21 bits per heavy atom. The van der Waals surface area contributed by atoms with Crippen LogP contribution in [0.15, 0.2) is 18.5 Å². The zero-order valence-corrected chi connectivity index (χ0v) is 11.9. The molecule has 3 heterocycles. The largest absolute Gasteiger partial charge is 0.380 e. The lowest BCUT2D eigenvalue weighted by Gasteiger charge is -2.41. The van der Waals surface area contributed by atoms with Crippen molar-refractivity contribution >= 4 is 11.3 Å². The van der Waals surface area contributed by atoms with Gasteiger partial charge in [0.15, 0.2) is 5.82 Å². The van der Waals surface area contributed by atoms with Gasteiger partial charge in [0.2, 0.25) is 0 Å². The number of rotatable bonds is 4. The number of nitrogens with zero attached hydrogens (tertiary/aromatic N) is 2. The van der Waals surface area contributed by atoms with E-state index in [0.717, 1.165) is 32.0 Å². The molecule has 1 saturated heterocycles. The van der Waals surface area contributed by atoms with Crippen LogP contribution in [0, 0.1) is 19.3 Å². The number of aromatic nitrogens is 2. The first-order valence-electron chi connectivity index (χ1n) is 6.90. The summed E-state index contributed by atoms with van der Waals surface area (Å²) in [5.74, 6) is 0.979. The molecule has 0 saturated carbocycles. The lowest BCUT2D eigenvalue weighted by Crippen LogP contribution is -2.47. The minimum Gasteiger partial charge on any atom is -0.380 e. The molecule has 19 heavy (non-hydrogen) atoms. The van der Waals surface area contributed by atoms with E-state index in [2.05, 4.69) is 41.5 Å². The van der Waals surface area contributed by atoms with Crippen molar-refractivity contribution in [3.8, 4) is 0 Å². The Morgan fingerprint density at radius 3 is 2.84 bits per heavy atom. The van der Waals surface area contributed by atoms with Crippen molar-refractivity contribution < 1.29 is 4.74 Å². The number of hydrogen-bond acceptors (Lipinski definition) is 3. The first kappa shape index (κ1) is 12.5. The zero-order valence-electron chi connectivity index (χ0n) is 11.9. The Morgan fingerprint density at radius 1 is 1.42 bits per heavy atom. The van der Waals surface area contributed by atoms with Crippen LogP contribution in [0.2, 0.25) is 0 Å². The van der Waals surface area contributed by atoms with Gasteiger partial charge < -0.3 is 14.5 Å². The molecule has 0 aromatic carbocycles. The highest BCUT2D eigenvalue weighted by molar-refractivity contribution is 5.73.